The van der Waals surface area contributed by atoms with Gasteiger partial charge >= 0.3 is 0 Å². The van der Waals surface area contributed by atoms with E-state index in [0.29, 0.717) is 18.5 Å². The third-order valence-electron chi connectivity index (χ3n) is 4.07. The van der Waals surface area contributed by atoms with Gasteiger partial charge in [0.15, 0.2) is 5.82 Å². The summed E-state index contributed by atoms with van der Waals surface area (Å²) in [7, 11) is 3.54. The minimum atomic E-state index is 0.437. The summed E-state index contributed by atoms with van der Waals surface area (Å²) in [5, 5.41) is 6.69. The molecule has 1 aliphatic rings. The standard InChI is InChI=1S/C15H26N4O/c1-4-11-7-5-6-8-12(11)17-14-9-13(16-2)18-15(19-14)10-20-3/h9,11-12H,4-8,10H2,1-3H3,(H2,16,17,18,19). The highest BCUT2D eigenvalue weighted by Crippen LogP contribution is 2.29. The molecule has 0 saturated heterocycles. The van der Waals surface area contributed by atoms with Crippen LogP contribution in [-0.2, 0) is 11.3 Å². The Morgan fingerprint density at radius 1 is 1.25 bits per heavy atom. The number of methoxy groups -OCH3 is 1. The van der Waals surface area contributed by atoms with Crippen molar-refractivity contribution in [2.24, 2.45) is 5.92 Å². The Hall–Kier alpha value is -1.36. The van der Waals surface area contributed by atoms with E-state index in [9.17, 15) is 0 Å². The highest BCUT2D eigenvalue weighted by molar-refractivity contribution is 5.47. The molecule has 2 rings (SSSR count). The van der Waals surface area contributed by atoms with Crippen LogP contribution in [0.5, 0.6) is 0 Å². The monoisotopic (exact) mass is 278 g/mol. The first-order valence-electron chi connectivity index (χ1n) is 7.58. The molecule has 5 nitrogen and oxygen atoms in total. The summed E-state index contributed by atoms with van der Waals surface area (Å²) in [5.74, 6) is 3.20. The van der Waals surface area contributed by atoms with Crippen LogP contribution in [0, 0.1) is 5.92 Å². The van der Waals surface area contributed by atoms with Gasteiger partial charge in [-0.25, -0.2) is 9.97 Å². The Kier molecular flexibility index (Phi) is 5.59. The number of anilines is 2. The second-order valence-corrected chi connectivity index (χ2v) is 5.44. The molecule has 1 aromatic heterocycles. The Labute approximate surface area is 121 Å². The van der Waals surface area contributed by atoms with Crippen molar-refractivity contribution in [3.63, 3.8) is 0 Å². The van der Waals surface area contributed by atoms with E-state index in [-0.39, 0.29) is 0 Å². The summed E-state index contributed by atoms with van der Waals surface area (Å²) in [4.78, 5) is 8.93. The zero-order valence-corrected chi connectivity index (χ0v) is 12.8. The lowest BCUT2D eigenvalue weighted by molar-refractivity contribution is 0.178. The number of nitrogens with one attached hydrogen (secondary N) is 2. The van der Waals surface area contributed by atoms with Gasteiger partial charge in [0.2, 0.25) is 0 Å². The van der Waals surface area contributed by atoms with Gasteiger partial charge in [-0.05, 0) is 18.8 Å². The molecule has 0 radical (unpaired) electrons. The van der Waals surface area contributed by atoms with Crippen LogP contribution < -0.4 is 10.6 Å². The van der Waals surface area contributed by atoms with Crippen molar-refractivity contribution in [3.8, 4) is 0 Å². The minimum Gasteiger partial charge on any atom is -0.377 e. The summed E-state index contributed by atoms with van der Waals surface area (Å²) < 4.78 is 5.13. The van der Waals surface area contributed by atoms with Gasteiger partial charge in [-0.15, -0.1) is 0 Å². The molecule has 0 aromatic carbocycles. The number of aromatic nitrogens is 2. The first-order valence-corrected chi connectivity index (χ1v) is 7.58. The fourth-order valence-electron chi connectivity index (χ4n) is 2.97. The molecule has 20 heavy (non-hydrogen) atoms. The summed E-state index contributed by atoms with van der Waals surface area (Å²) in [6.45, 7) is 2.71. The van der Waals surface area contributed by atoms with Gasteiger partial charge in [0.25, 0.3) is 0 Å². The Balaban J connectivity index is 2.12. The van der Waals surface area contributed by atoms with E-state index in [4.69, 9.17) is 4.74 Å². The van der Waals surface area contributed by atoms with Gasteiger partial charge in [0, 0.05) is 26.3 Å². The third kappa shape index (κ3) is 3.82. The van der Waals surface area contributed by atoms with Crippen molar-refractivity contribution in [3.05, 3.63) is 11.9 Å². The van der Waals surface area contributed by atoms with Crippen LogP contribution in [0.4, 0.5) is 11.6 Å². The molecule has 1 aromatic rings. The molecule has 1 saturated carbocycles. The fourth-order valence-corrected chi connectivity index (χ4v) is 2.97. The molecule has 0 spiro atoms. The number of hydrogen-bond acceptors (Lipinski definition) is 5. The number of nitrogens with zero attached hydrogens (tertiary/aromatic N) is 2. The van der Waals surface area contributed by atoms with Crippen LogP contribution >= 0.6 is 0 Å². The fraction of sp³-hybridized carbons (Fsp3) is 0.733. The lowest BCUT2D eigenvalue weighted by Crippen LogP contribution is -2.32. The first-order chi connectivity index (χ1) is 9.76. The van der Waals surface area contributed by atoms with Crippen LogP contribution in [0.1, 0.15) is 44.9 Å². The Bertz CT molecular complexity index is 424. The average molecular weight is 278 g/mol. The van der Waals surface area contributed by atoms with E-state index in [1.54, 1.807) is 7.11 Å². The van der Waals surface area contributed by atoms with Crippen LogP contribution in [0.3, 0.4) is 0 Å². The topological polar surface area (TPSA) is 59.1 Å². The maximum atomic E-state index is 5.13. The molecule has 1 aliphatic carbocycles. The lowest BCUT2D eigenvalue weighted by Gasteiger charge is -2.32. The predicted molar refractivity (Wildman–Crippen MR) is 82.0 cm³/mol. The van der Waals surface area contributed by atoms with Gasteiger partial charge in [-0.3, -0.25) is 0 Å². The first kappa shape index (κ1) is 15.0. The molecule has 2 unspecified atom stereocenters. The van der Waals surface area contributed by atoms with Gasteiger partial charge in [-0.1, -0.05) is 26.2 Å². The molecule has 1 heterocycles. The van der Waals surface area contributed by atoms with E-state index >= 15 is 0 Å². The highest BCUT2D eigenvalue weighted by Gasteiger charge is 2.23. The van der Waals surface area contributed by atoms with E-state index in [2.05, 4.69) is 27.5 Å². The largest absolute Gasteiger partial charge is 0.377 e. The van der Waals surface area contributed by atoms with Gasteiger partial charge in [0.1, 0.15) is 18.2 Å². The molecule has 0 amide bonds. The zero-order valence-electron chi connectivity index (χ0n) is 12.8. The normalized spacial score (nSPS) is 22.6. The molecule has 112 valence electrons. The van der Waals surface area contributed by atoms with Crippen molar-refractivity contribution in [1.82, 2.24) is 9.97 Å². The Morgan fingerprint density at radius 2 is 2.00 bits per heavy atom. The van der Waals surface area contributed by atoms with Crippen LogP contribution in [-0.4, -0.2) is 30.2 Å². The van der Waals surface area contributed by atoms with Crippen LogP contribution in [0.2, 0.25) is 0 Å². The molecule has 5 heteroatoms. The molecular formula is C15H26N4O. The van der Waals surface area contributed by atoms with Gasteiger partial charge < -0.3 is 15.4 Å². The maximum Gasteiger partial charge on any atom is 0.158 e. The number of rotatable bonds is 6. The molecule has 0 bridgehead atoms. The quantitative estimate of drug-likeness (QED) is 0.837. The number of hydrogen-bond donors (Lipinski definition) is 2. The van der Waals surface area contributed by atoms with Crippen molar-refractivity contribution >= 4 is 11.6 Å². The van der Waals surface area contributed by atoms with E-state index in [1.807, 2.05) is 13.1 Å². The van der Waals surface area contributed by atoms with Crippen LogP contribution in [0.15, 0.2) is 6.07 Å². The summed E-state index contributed by atoms with van der Waals surface area (Å²) >= 11 is 0. The highest BCUT2D eigenvalue weighted by atomic mass is 16.5. The van der Waals surface area contributed by atoms with E-state index in [1.165, 1.54) is 32.1 Å². The van der Waals surface area contributed by atoms with Crippen molar-refractivity contribution in [2.45, 2.75) is 51.7 Å². The lowest BCUT2D eigenvalue weighted by atomic mass is 9.83. The second kappa shape index (κ2) is 7.43. The average Bonchev–Trinajstić information content (AvgIpc) is 2.48. The number of ether oxygens (including phenoxy) is 1. The SMILES string of the molecule is CCC1CCCCC1Nc1cc(NC)nc(COC)n1. The predicted octanol–water partition coefficient (Wildman–Crippen LogP) is 3.05. The Morgan fingerprint density at radius 3 is 2.70 bits per heavy atom. The molecule has 2 atom stereocenters. The zero-order chi connectivity index (χ0) is 14.4. The summed E-state index contributed by atoms with van der Waals surface area (Å²) in [5.41, 5.74) is 0. The van der Waals surface area contributed by atoms with Crippen molar-refractivity contribution in [2.75, 3.05) is 24.8 Å². The van der Waals surface area contributed by atoms with Gasteiger partial charge in [-0.2, -0.15) is 0 Å². The van der Waals surface area contributed by atoms with Gasteiger partial charge in [0.05, 0.1) is 0 Å². The van der Waals surface area contributed by atoms with E-state index < -0.39 is 0 Å². The summed E-state index contributed by atoms with van der Waals surface area (Å²) in [6.07, 6.45) is 6.45. The summed E-state index contributed by atoms with van der Waals surface area (Å²) in [6, 6.07) is 2.50. The van der Waals surface area contributed by atoms with Crippen molar-refractivity contribution in [1.29, 1.82) is 0 Å². The third-order valence-corrected chi connectivity index (χ3v) is 4.07. The van der Waals surface area contributed by atoms with Crippen molar-refractivity contribution < 1.29 is 4.74 Å². The smallest absolute Gasteiger partial charge is 0.158 e. The maximum absolute atomic E-state index is 5.13. The second-order valence-electron chi connectivity index (χ2n) is 5.44. The molecular weight excluding hydrogens is 252 g/mol. The molecule has 0 aliphatic heterocycles. The minimum absolute atomic E-state index is 0.437. The van der Waals surface area contributed by atoms with Crippen LogP contribution in [0.25, 0.3) is 0 Å². The molecule has 1 fully saturated rings. The van der Waals surface area contributed by atoms with E-state index in [0.717, 1.165) is 17.6 Å². The molecule has 2 N–H and O–H groups in total.